The zero-order valence-corrected chi connectivity index (χ0v) is 11.3. The van der Waals surface area contributed by atoms with E-state index in [4.69, 9.17) is 4.74 Å². The minimum absolute atomic E-state index is 0.251. The van der Waals surface area contributed by atoms with Crippen LogP contribution in [0.1, 0.15) is 17.2 Å². The van der Waals surface area contributed by atoms with Crippen molar-refractivity contribution in [1.29, 1.82) is 0 Å². The van der Waals surface area contributed by atoms with Crippen molar-refractivity contribution in [3.63, 3.8) is 0 Å². The molecule has 3 rings (SSSR count). The Bertz CT molecular complexity index is 665. The fourth-order valence-electron chi connectivity index (χ4n) is 2.21. The van der Waals surface area contributed by atoms with E-state index in [1.807, 2.05) is 30.3 Å². The number of carbonyl (C=O) groups is 1. The Kier molecular flexibility index (Phi) is 3.69. The molecule has 1 amide bonds. The standard InChI is InChI=1S/C17H14FNO2/c18-14-8-6-13(7-9-14)16-17(20)19-11-15(21-16)10-12-4-2-1-3-5-12/h1-9,11,16H,10H2,(H,19,20). The van der Waals surface area contributed by atoms with E-state index in [9.17, 15) is 9.18 Å². The molecule has 1 N–H and O–H groups in total. The second-order valence-corrected chi connectivity index (χ2v) is 4.83. The number of ether oxygens (including phenoxy) is 1. The molecule has 2 aromatic carbocycles. The topological polar surface area (TPSA) is 38.3 Å². The molecule has 1 aliphatic heterocycles. The van der Waals surface area contributed by atoms with Gasteiger partial charge in [0, 0.05) is 18.2 Å². The molecule has 1 heterocycles. The minimum atomic E-state index is -0.741. The van der Waals surface area contributed by atoms with Gasteiger partial charge in [-0.1, -0.05) is 42.5 Å². The minimum Gasteiger partial charge on any atom is -0.478 e. The molecular weight excluding hydrogens is 269 g/mol. The highest BCUT2D eigenvalue weighted by molar-refractivity contribution is 5.84. The van der Waals surface area contributed by atoms with Gasteiger partial charge in [0.2, 0.25) is 6.10 Å². The molecule has 0 aliphatic carbocycles. The quantitative estimate of drug-likeness (QED) is 0.940. The summed E-state index contributed by atoms with van der Waals surface area (Å²) in [7, 11) is 0. The lowest BCUT2D eigenvalue weighted by molar-refractivity contribution is -0.131. The van der Waals surface area contributed by atoms with Gasteiger partial charge in [0.1, 0.15) is 11.6 Å². The summed E-state index contributed by atoms with van der Waals surface area (Å²) in [4.78, 5) is 11.9. The van der Waals surface area contributed by atoms with Gasteiger partial charge in [-0.3, -0.25) is 4.79 Å². The molecule has 106 valence electrons. The van der Waals surface area contributed by atoms with Crippen molar-refractivity contribution >= 4 is 5.91 Å². The summed E-state index contributed by atoms with van der Waals surface area (Å²) < 4.78 is 18.7. The fourth-order valence-corrected chi connectivity index (χ4v) is 2.21. The van der Waals surface area contributed by atoms with Crippen LogP contribution in [0.15, 0.2) is 66.6 Å². The van der Waals surface area contributed by atoms with Crippen LogP contribution in [0.25, 0.3) is 0 Å². The number of benzene rings is 2. The molecule has 21 heavy (non-hydrogen) atoms. The zero-order chi connectivity index (χ0) is 14.7. The van der Waals surface area contributed by atoms with E-state index >= 15 is 0 Å². The van der Waals surface area contributed by atoms with E-state index in [-0.39, 0.29) is 11.7 Å². The molecule has 1 unspecified atom stereocenters. The number of carbonyl (C=O) groups excluding carboxylic acids is 1. The number of nitrogens with one attached hydrogen (secondary N) is 1. The van der Waals surface area contributed by atoms with Gasteiger partial charge in [-0.25, -0.2) is 4.39 Å². The van der Waals surface area contributed by atoms with Gasteiger partial charge in [0.15, 0.2) is 0 Å². The third-order valence-corrected chi connectivity index (χ3v) is 3.28. The average Bonchev–Trinajstić information content (AvgIpc) is 2.51. The predicted octanol–water partition coefficient (Wildman–Crippen LogP) is 3.10. The van der Waals surface area contributed by atoms with Crippen molar-refractivity contribution in [3.8, 4) is 0 Å². The van der Waals surface area contributed by atoms with E-state index in [1.165, 1.54) is 12.1 Å². The van der Waals surface area contributed by atoms with Crippen LogP contribution in [0.4, 0.5) is 4.39 Å². The highest BCUT2D eigenvalue weighted by Gasteiger charge is 2.26. The first-order valence-electron chi connectivity index (χ1n) is 6.68. The first-order chi connectivity index (χ1) is 10.2. The van der Waals surface area contributed by atoms with E-state index in [2.05, 4.69) is 5.32 Å². The molecule has 0 fully saturated rings. The average molecular weight is 283 g/mol. The summed E-state index contributed by atoms with van der Waals surface area (Å²) in [5.41, 5.74) is 1.73. The lowest BCUT2D eigenvalue weighted by atomic mass is 10.1. The molecular formula is C17H14FNO2. The molecule has 0 radical (unpaired) electrons. The summed E-state index contributed by atoms with van der Waals surface area (Å²) in [5, 5.41) is 2.70. The number of amides is 1. The van der Waals surface area contributed by atoms with Crippen molar-refractivity contribution in [3.05, 3.63) is 83.5 Å². The van der Waals surface area contributed by atoms with Crippen LogP contribution in [-0.4, -0.2) is 5.91 Å². The third-order valence-electron chi connectivity index (χ3n) is 3.28. The van der Waals surface area contributed by atoms with E-state index in [0.717, 1.165) is 5.56 Å². The normalized spacial score (nSPS) is 17.7. The van der Waals surface area contributed by atoms with E-state index < -0.39 is 6.10 Å². The van der Waals surface area contributed by atoms with Gasteiger partial charge in [-0.15, -0.1) is 0 Å². The SMILES string of the molecule is O=C1NC=C(Cc2ccccc2)OC1c1ccc(F)cc1. The molecule has 0 aromatic heterocycles. The fraction of sp³-hybridized carbons (Fsp3) is 0.118. The van der Waals surface area contributed by atoms with Crippen molar-refractivity contribution in [2.24, 2.45) is 0 Å². The molecule has 0 bridgehead atoms. The van der Waals surface area contributed by atoms with Gasteiger partial charge in [-0.05, 0) is 17.7 Å². The highest BCUT2D eigenvalue weighted by Crippen LogP contribution is 2.25. The third kappa shape index (κ3) is 3.11. The first-order valence-corrected chi connectivity index (χ1v) is 6.68. The van der Waals surface area contributed by atoms with Crippen LogP contribution in [0.5, 0.6) is 0 Å². The van der Waals surface area contributed by atoms with Gasteiger partial charge < -0.3 is 10.1 Å². The zero-order valence-electron chi connectivity index (χ0n) is 11.3. The predicted molar refractivity (Wildman–Crippen MR) is 76.6 cm³/mol. The summed E-state index contributed by atoms with van der Waals surface area (Å²) in [5.74, 6) is 0.0866. The summed E-state index contributed by atoms with van der Waals surface area (Å²) in [6, 6.07) is 15.6. The summed E-state index contributed by atoms with van der Waals surface area (Å²) in [6.07, 6.45) is 1.43. The van der Waals surface area contributed by atoms with E-state index in [1.54, 1.807) is 18.3 Å². The first kappa shape index (κ1) is 13.4. The maximum absolute atomic E-state index is 13.0. The number of allylic oxidation sites excluding steroid dienone is 1. The largest absolute Gasteiger partial charge is 0.478 e. The lowest BCUT2D eigenvalue weighted by Gasteiger charge is -2.24. The van der Waals surface area contributed by atoms with Crippen molar-refractivity contribution < 1.29 is 13.9 Å². The Labute approximate surface area is 122 Å². The second-order valence-electron chi connectivity index (χ2n) is 4.83. The van der Waals surface area contributed by atoms with Gasteiger partial charge in [0.05, 0.1) is 0 Å². The Morgan fingerprint density at radius 2 is 1.76 bits per heavy atom. The maximum Gasteiger partial charge on any atom is 0.269 e. The second kappa shape index (κ2) is 5.79. The Balaban J connectivity index is 1.77. The van der Waals surface area contributed by atoms with Crippen LogP contribution in [-0.2, 0) is 16.0 Å². The van der Waals surface area contributed by atoms with Gasteiger partial charge in [0.25, 0.3) is 5.91 Å². The number of rotatable bonds is 3. The van der Waals surface area contributed by atoms with Crippen molar-refractivity contribution in [2.75, 3.05) is 0 Å². The van der Waals surface area contributed by atoms with E-state index in [0.29, 0.717) is 17.7 Å². The van der Waals surface area contributed by atoms with Gasteiger partial charge >= 0.3 is 0 Å². The highest BCUT2D eigenvalue weighted by atomic mass is 19.1. The van der Waals surface area contributed by atoms with Crippen LogP contribution in [0.3, 0.4) is 0 Å². The summed E-state index contributed by atoms with van der Waals surface area (Å²) >= 11 is 0. The molecule has 3 nitrogen and oxygen atoms in total. The van der Waals surface area contributed by atoms with Crippen LogP contribution in [0.2, 0.25) is 0 Å². The maximum atomic E-state index is 13.0. The molecule has 2 aromatic rings. The lowest BCUT2D eigenvalue weighted by Crippen LogP contribution is -2.32. The Morgan fingerprint density at radius 3 is 2.48 bits per heavy atom. The number of halogens is 1. The summed E-state index contributed by atoms with van der Waals surface area (Å²) in [6.45, 7) is 0. The van der Waals surface area contributed by atoms with Gasteiger partial charge in [-0.2, -0.15) is 0 Å². The van der Waals surface area contributed by atoms with Crippen LogP contribution >= 0.6 is 0 Å². The number of hydrogen-bond acceptors (Lipinski definition) is 2. The van der Waals surface area contributed by atoms with Crippen molar-refractivity contribution in [1.82, 2.24) is 5.32 Å². The Morgan fingerprint density at radius 1 is 1.05 bits per heavy atom. The monoisotopic (exact) mass is 283 g/mol. The molecule has 1 atom stereocenters. The molecule has 4 heteroatoms. The molecule has 0 spiro atoms. The van der Waals surface area contributed by atoms with Crippen molar-refractivity contribution in [2.45, 2.75) is 12.5 Å². The smallest absolute Gasteiger partial charge is 0.269 e. The van der Waals surface area contributed by atoms with Crippen LogP contribution in [0, 0.1) is 5.82 Å². The molecule has 0 saturated carbocycles. The van der Waals surface area contributed by atoms with Crippen LogP contribution < -0.4 is 5.32 Å². The Hall–Kier alpha value is -2.62. The number of hydrogen-bond donors (Lipinski definition) is 1. The molecule has 1 aliphatic rings. The molecule has 0 saturated heterocycles.